The summed E-state index contributed by atoms with van der Waals surface area (Å²) in [6, 6.07) is 5.52. The molecule has 1 aromatic heterocycles. The van der Waals surface area contributed by atoms with Crippen molar-refractivity contribution in [2.75, 3.05) is 12.8 Å². The zero-order valence-corrected chi connectivity index (χ0v) is 7.82. The van der Waals surface area contributed by atoms with Crippen LogP contribution < -0.4 is 10.5 Å². The number of nitrogens with zero attached hydrogens (tertiary/aromatic N) is 1. The van der Waals surface area contributed by atoms with Crippen LogP contribution in [0.15, 0.2) is 30.7 Å². The Morgan fingerprint density at radius 2 is 2.29 bits per heavy atom. The average molecular weight is 189 g/mol. The molecule has 0 amide bonds. The Bertz CT molecular complexity index is 423. The molecule has 0 saturated carbocycles. The molecule has 3 N–H and O–H groups in total. The molecule has 0 atom stereocenters. The van der Waals surface area contributed by atoms with Gasteiger partial charge in [-0.05, 0) is 18.2 Å². The monoisotopic (exact) mass is 189 g/mol. The molecule has 2 rings (SSSR count). The van der Waals surface area contributed by atoms with Gasteiger partial charge in [0.05, 0.1) is 25.3 Å². The van der Waals surface area contributed by atoms with Gasteiger partial charge in [0.15, 0.2) is 0 Å². The Hall–Kier alpha value is -1.97. The van der Waals surface area contributed by atoms with Crippen LogP contribution in [0.25, 0.3) is 11.3 Å². The number of ether oxygens (including phenoxy) is 1. The first-order valence-electron chi connectivity index (χ1n) is 4.23. The average Bonchev–Trinajstić information content (AvgIpc) is 2.71. The van der Waals surface area contributed by atoms with E-state index in [9.17, 15) is 0 Å². The Morgan fingerprint density at radius 3 is 2.93 bits per heavy atom. The van der Waals surface area contributed by atoms with Crippen molar-refractivity contribution in [3.63, 3.8) is 0 Å². The molecule has 0 aliphatic heterocycles. The van der Waals surface area contributed by atoms with Gasteiger partial charge < -0.3 is 15.5 Å². The van der Waals surface area contributed by atoms with Gasteiger partial charge in [-0.15, -0.1) is 0 Å². The van der Waals surface area contributed by atoms with E-state index in [2.05, 4.69) is 9.97 Å². The minimum absolute atomic E-state index is 0.704. The van der Waals surface area contributed by atoms with Crippen molar-refractivity contribution in [3.8, 4) is 17.0 Å². The smallest absolute Gasteiger partial charge is 0.119 e. The van der Waals surface area contributed by atoms with Gasteiger partial charge in [0.25, 0.3) is 0 Å². The van der Waals surface area contributed by atoms with Crippen LogP contribution >= 0.6 is 0 Å². The summed E-state index contributed by atoms with van der Waals surface area (Å²) in [7, 11) is 1.63. The highest BCUT2D eigenvalue weighted by Gasteiger charge is 2.04. The quantitative estimate of drug-likeness (QED) is 0.706. The second-order valence-electron chi connectivity index (χ2n) is 2.92. The largest absolute Gasteiger partial charge is 0.497 e. The second-order valence-corrected chi connectivity index (χ2v) is 2.92. The summed E-state index contributed by atoms with van der Waals surface area (Å²) in [6.45, 7) is 0. The lowest BCUT2D eigenvalue weighted by Crippen LogP contribution is -1.91. The summed E-state index contributed by atoms with van der Waals surface area (Å²) in [5.41, 5.74) is 8.33. The lowest BCUT2D eigenvalue weighted by Gasteiger charge is -2.05. The van der Waals surface area contributed by atoms with Crippen LogP contribution in [0.5, 0.6) is 5.75 Å². The van der Waals surface area contributed by atoms with E-state index >= 15 is 0 Å². The number of rotatable bonds is 2. The second kappa shape index (κ2) is 3.41. The van der Waals surface area contributed by atoms with Crippen molar-refractivity contribution in [3.05, 3.63) is 30.7 Å². The van der Waals surface area contributed by atoms with Crippen molar-refractivity contribution in [2.24, 2.45) is 0 Å². The number of nitrogens with two attached hydrogens (primary N) is 1. The minimum atomic E-state index is 0.704. The predicted molar refractivity (Wildman–Crippen MR) is 55.0 cm³/mol. The third-order valence-electron chi connectivity index (χ3n) is 2.05. The van der Waals surface area contributed by atoms with Gasteiger partial charge in [0, 0.05) is 11.3 Å². The number of imidazole rings is 1. The molecule has 2 aromatic rings. The summed E-state index contributed by atoms with van der Waals surface area (Å²) >= 11 is 0. The zero-order chi connectivity index (χ0) is 9.97. The van der Waals surface area contributed by atoms with Crippen molar-refractivity contribution < 1.29 is 4.74 Å². The molecule has 4 heteroatoms. The Balaban J connectivity index is 2.51. The van der Waals surface area contributed by atoms with Gasteiger partial charge in [-0.2, -0.15) is 0 Å². The summed E-state index contributed by atoms with van der Waals surface area (Å²) in [6.07, 6.45) is 3.35. The molecule has 0 spiro atoms. The number of benzene rings is 1. The molecule has 14 heavy (non-hydrogen) atoms. The minimum Gasteiger partial charge on any atom is -0.497 e. The first-order chi connectivity index (χ1) is 6.81. The van der Waals surface area contributed by atoms with Crippen LogP contribution in [-0.4, -0.2) is 17.1 Å². The summed E-state index contributed by atoms with van der Waals surface area (Å²) < 4.78 is 5.12. The normalized spacial score (nSPS) is 10.1. The fraction of sp³-hybridized carbons (Fsp3) is 0.100. The SMILES string of the molecule is COc1ccc(N)c(-c2cnc[nH]2)c1. The molecule has 0 saturated heterocycles. The lowest BCUT2D eigenvalue weighted by molar-refractivity contribution is 0.415. The molecular formula is C10H11N3O. The molecule has 4 nitrogen and oxygen atoms in total. The number of hydrogen-bond acceptors (Lipinski definition) is 3. The maximum Gasteiger partial charge on any atom is 0.119 e. The molecule has 0 fully saturated rings. The van der Waals surface area contributed by atoms with Crippen molar-refractivity contribution >= 4 is 5.69 Å². The van der Waals surface area contributed by atoms with Crippen molar-refractivity contribution in [1.29, 1.82) is 0 Å². The van der Waals surface area contributed by atoms with Gasteiger partial charge in [-0.25, -0.2) is 4.98 Å². The third-order valence-corrected chi connectivity index (χ3v) is 2.05. The number of nitrogens with one attached hydrogen (secondary N) is 1. The van der Waals surface area contributed by atoms with Crippen LogP contribution in [0.4, 0.5) is 5.69 Å². The number of aromatic amines is 1. The highest BCUT2D eigenvalue weighted by Crippen LogP contribution is 2.27. The molecule has 0 radical (unpaired) electrons. The van der Waals surface area contributed by atoms with Gasteiger partial charge in [-0.1, -0.05) is 0 Å². The van der Waals surface area contributed by atoms with E-state index in [1.807, 2.05) is 18.2 Å². The van der Waals surface area contributed by atoms with E-state index in [0.717, 1.165) is 17.0 Å². The van der Waals surface area contributed by atoms with Crippen LogP contribution in [0.1, 0.15) is 0 Å². The van der Waals surface area contributed by atoms with Crippen molar-refractivity contribution in [1.82, 2.24) is 9.97 Å². The number of nitrogen functional groups attached to an aromatic ring is 1. The number of aromatic nitrogens is 2. The number of H-pyrrole nitrogens is 1. The molecular weight excluding hydrogens is 178 g/mol. The topological polar surface area (TPSA) is 63.9 Å². The van der Waals surface area contributed by atoms with Crippen LogP contribution in [0, 0.1) is 0 Å². The first-order valence-corrected chi connectivity index (χ1v) is 4.23. The highest BCUT2D eigenvalue weighted by molar-refractivity contribution is 5.74. The fourth-order valence-corrected chi connectivity index (χ4v) is 1.30. The number of hydrogen-bond donors (Lipinski definition) is 2. The van der Waals surface area contributed by atoms with Crippen LogP contribution in [-0.2, 0) is 0 Å². The lowest BCUT2D eigenvalue weighted by atomic mass is 10.1. The van der Waals surface area contributed by atoms with Crippen molar-refractivity contribution in [2.45, 2.75) is 0 Å². The van der Waals surface area contributed by atoms with E-state index < -0.39 is 0 Å². The summed E-state index contributed by atoms with van der Waals surface area (Å²) in [5.74, 6) is 0.781. The fourth-order valence-electron chi connectivity index (χ4n) is 1.30. The Kier molecular flexibility index (Phi) is 2.10. The first kappa shape index (κ1) is 8.62. The van der Waals surface area contributed by atoms with E-state index in [0.29, 0.717) is 5.69 Å². The van der Waals surface area contributed by atoms with Gasteiger partial charge >= 0.3 is 0 Å². The molecule has 0 unspecified atom stereocenters. The van der Waals surface area contributed by atoms with Gasteiger partial charge in [0.1, 0.15) is 5.75 Å². The summed E-state index contributed by atoms with van der Waals surface area (Å²) in [5, 5.41) is 0. The maximum atomic E-state index is 5.83. The Morgan fingerprint density at radius 1 is 1.43 bits per heavy atom. The number of methoxy groups -OCH3 is 1. The van der Waals surface area contributed by atoms with Gasteiger partial charge in [0.2, 0.25) is 0 Å². The Labute approximate surface area is 81.7 Å². The zero-order valence-electron chi connectivity index (χ0n) is 7.82. The molecule has 0 aliphatic carbocycles. The van der Waals surface area contributed by atoms with E-state index in [4.69, 9.17) is 10.5 Å². The van der Waals surface area contributed by atoms with Crippen LogP contribution in [0.3, 0.4) is 0 Å². The third kappa shape index (κ3) is 1.42. The van der Waals surface area contributed by atoms with E-state index in [1.54, 1.807) is 19.6 Å². The van der Waals surface area contributed by atoms with E-state index in [1.165, 1.54) is 0 Å². The molecule has 0 bridgehead atoms. The number of anilines is 1. The predicted octanol–water partition coefficient (Wildman–Crippen LogP) is 1.67. The van der Waals surface area contributed by atoms with Gasteiger partial charge in [-0.3, -0.25) is 0 Å². The standard InChI is InChI=1S/C10H11N3O/c1-14-7-2-3-9(11)8(4-7)10-5-12-6-13-10/h2-6H,11H2,1H3,(H,12,13). The summed E-state index contributed by atoms with van der Waals surface area (Å²) in [4.78, 5) is 6.94. The molecule has 1 heterocycles. The molecule has 1 aromatic carbocycles. The molecule has 72 valence electrons. The van der Waals surface area contributed by atoms with Crippen LogP contribution in [0.2, 0.25) is 0 Å². The molecule has 0 aliphatic rings. The van der Waals surface area contributed by atoms with E-state index in [-0.39, 0.29) is 0 Å². The maximum absolute atomic E-state index is 5.83. The highest BCUT2D eigenvalue weighted by atomic mass is 16.5.